The van der Waals surface area contributed by atoms with Crippen molar-refractivity contribution in [1.29, 1.82) is 0 Å². The first kappa shape index (κ1) is 21.3. The third-order valence-electron chi connectivity index (χ3n) is 5.57. The molecule has 2 aliphatic rings. The van der Waals surface area contributed by atoms with Gasteiger partial charge in [-0.1, -0.05) is 25.3 Å². The summed E-state index contributed by atoms with van der Waals surface area (Å²) in [5.41, 5.74) is 1.34. The molecule has 0 bridgehead atoms. The molecule has 29 heavy (non-hydrogen) atoms. The molecule has 1 aromatic carbocycles. The van der Waals surface area contributed by atoms with Crippen LogP contribution in [0.3, 0.4) is 0 Å². The van der Waals surface area contributed by atoms with Crippen LogP contribution < -0.4 is 15.5 Å². The Balaban J connectivity index is 1.35. The smallest absolute Gasteiger partial charge is 0.326 e. The van der Waals surface area contributed by atoms with Crippen LogP contribution in [0.15, 0.2) is 24.3 Å². The number of hydrogen-bond donors (Lipinski definition) is 2. The maximum absolute atomic E-state index is 12.2. The molecular formula is C22H32N4O3. The molecule has 2 N–H and O–H groups in total. The molecule has 158 valence electrons. The second-order valence-electron chi connectivity index (χ2n) is 7.92. The minimum atomic E-state index is -0.422. The van der Waals surface area contributed by atoms with Gasteiger partial charge >= 0.3 is 6.03 Å². The van der Waals surface area contributed by atoms with E-state index in [9.17, 15) is 14.4 Å². The van der Waals surface area contributed by atoms with E-state index in [1.807, 2.05) is 6.07 Å². The van der Waals surface area contributed by atoms with Crippen LogP contribution in [-0.2, 0) is 9.59 Å². The highest BCUT2D eigenvalue weighted by Gasteiger charge is 2.24. The quantitative estimate of drug-likeness (QED) is 0.622. The standard InChI is InChI=1S/C22H32N4O3/c27-20(11-4-1-2-5-13-25-14-6-3-7-15-25)23-18-9-8-10-19(17-18)26-16-12-21(28)24-22(26)29/h8-10,17H,1-7,11-16H2,(H,23,27)(H,24,28,29). The molecule has 2 heterocycles. The molecule has 7 nitrogen and oxygen atoms in total. The molecule has 3 rings (SSSR count). The van der Waals surface area contributed by atoms with Crippen LogP contribution >= 0.6 is 0 Å². The first-order valence-electron chi connectivity index (χ1n) is 10.9. The zero-order valence-electron chi connectivity index (χ0n) is 17.1. The van der Waals surface area contributed by atoms with Gasteiger partial charge in [0.25, 0.3) is 0 Å². The molecule has 0 radical (unpaired) electrons. The predicted molar refractivity (Wildman–Crippen MR) is 114 cm³/mol. The van der Waals surface area contributed by atoms with E-state index in [-0.39, 0.29) is 18.2 Å². The number of imide groups is 1. The third kappa shape index (κ3) is 6.85. The van der Waals surface area contributed by atoms with Gasteiger partial charge in [-0.2, -0.15) is 0 Å². The number of hydrogen-bond acceptors (Lipinski definition) is 4. The first-order valence-corrected chi connectivity index (χ1v) is 10.9. The number of rotatable bonds is 9. The van der Waals surface area contributed by atoms with E-state index < -0.39 is 6.03 Å². The molecule has 2 saturated heterocycles. The summed E-state index contributed by atoms with van der Waals surface area (Å²) in [4.78, 5) is 39.6. The topological polar surface area (TPSA) is 81.8 Å². The molecule has 4 amide bonds. The number of amides is 4. The zero-order chi connectivity index (χ0) is 20.5. The fraction of sp³-hybridized carbons (Fsp3) is 0.591. The maximum atomic E-state index is 12.2. The predicted octanol–water partition coefficient (Wildman–Crippen LogP) is 3.51. The maximum Gasteiger partial charge on any atom is 0.328 e. The lowest BCUT2D eigenvalue weighted by atomic mass is 10.1. The van der Waals surface area contributed by atoms with Crippen molar-refractivity contribution in [3.05, 3.63) is 24.3 Å². The Morgan fingerprint density at radius 1 is 1.00 bits per heavy atom. The van der Waals surface area contributed by atoms with Gasteiger partial charge < -0.3 is 10.2 Å². The third-order valence-corrected chi connectivity index (χ3v) is 5.57. The number of nitrogens with zero attached hydrogens (tertiary/aromatic N) is 2. The second-order valence-corrected chi connectivity index (χ2v) is 7.92. The van der Waals surface area contributed by atoms with E-state index in [4.69, 9.17) is 0 Å². The van der Waals surface area contributed by atoms with E-state index >= 15 is 0 Å². The van der Waals surface area contributed by atoms with Crippen LogP contribution in [0.5, 0.6) is 0 Å². The molecule has 2 fully saturated rings. The molecule has 0 unspecified atom stereocenters. The van der Waals surface area contributed by atoms with E-state index in [0.717, 1.165) is 12.8 Å². The van der Waals surface area contributed by atoms with Crippen molar-refractivity contribution in [3.8, 4) is 0 Å². The van der Waals surface area contributed by atoms with Crippen LogP contribution in [0.25, 0.3) is 0 Å². The van der Waals surface area contributed by atoms with Crippen molar-refractivity contribution in [2.75, 3.05) is 36.4 Å². The Hall–Kier alpha value is -2.41. The van der Waals surface area contributed by atoms with Gasteiger partial charge in [-0.25, -0.2) is 4.79 Å². The molecule has 0 atom stereocenters. The van der Waals surface area contributed by atoms with Crippen molar-refractivity contribution in [1.82, 2.24) is 10.2 Å². The number of anilines is 2. The summed E-state index contributed by atoms with van der Waals surface area (Å²) in [6, 6.07) is 6.76. The van der Waals surface area contributed by atoms with E-state index in [1.165, 1.54) is 56.6 Å². The molecule has 0 aliphatic carbocycles. The van der Waals surface area contributed by atoms with Crippen molar-refractivity contribution < 1.29 is 14.4 Å². The van der Waals surface area contributed by atoms with Gasteiger partial charge in [0.2, 0.25) is 11.8 Å². The summed E-state index contributed by atoms with van der Waals surface area (Å²) in [5, 5.41) is 5.23. The Bertz CT molecular complexity index is 716. The van der Waals surface area contributed by atoms with Crippen molar-refractivity contribution in [2.45, 2.75) is 57.8 Å². The average molecular weight is 401 g/mol. The largest absolute Gasteiger partial charge is 0.328 e. The molecule has 2 aliphatic heterocycles. The molecule has 0 spiro atoms. The van der Waals surface area contributed by atoms with Gasteiger partial charge in [0, 0.05) is 30.8 Å². The molecule has 0 aromatic heterocycles. The van der Waals surface area contributed by atoms with Gasteiger partial charge in [-0.3, -0.25) is 19.8 Å². The number of unbranched alkanes of at least 4 members (excludes halogenated alkanes) is 3. The Morgan fingerprint density at radius 3 is 2.59 bits per heavy atom. The number of urea groups is 1. The number of carbonyl (C=O) groups excluding carboxylic acids is 3. The summed E-state index contributed by atoms with van der Waals surface area (Å²) < 4.78 is 0. The molecule has 7 heteroatoms. The van der Waals surface area contributed by atoms with Gasteiger partial charge in [0.05, 0.1) is 0 Å². The Morgan fingerprint density at radius 2 is 1.79 bits per heavy atom. The summed E-state index contributed by atoms with van der Waals surface area (Å²) in [5.74, 6) is -0.261. The van der Waals surface area contributed by atoms with E-state index in [2.05, 4.69) is 15.5 Å². The van der Waals surface area contributed by atoms with Gasteiger partial charge in [0.1, 0.15) is 0 Å². The van der Waals surface area contributed by atoms with Crippen molar-refractivity contribution in [2.24, 2.45) is 0 Å². The first-order chi connectivity index (χ1) is 14.1. The molecular weight excluding hydrogens is 368 g/mol. The Labute approximate surface area is 172 Å². The van der Waals surface area contributed by atoms with Crippen LogP contribution in [0.2, 0.25) is 0 Å². The van der Waals surface area contributed by atoms with E-state index in [1.54, 1.807) is 18.2 Å². The second kappa shape index (κ2) is 11.0. The number of likely N-dealkylation sites (tertiary alicyclic amines) is 1. The summed E-state index contributed by atoms with van der Waals surface area (Å²) in [6.07, 6.45) is 9.17. The fourth-order valence-corrected chi connectivity index (χ4v) is 3.94. The van der Waals surface area contributed by atoms with Crippen LogP contribution in [-0.4, -0.2) is 48.9 Å². The summed E-state index contributed by atoms with van der Waals surface area (Å²) >= 11 is 0. The van der Waals surface area contributed by atoms with Gasteiger partial charge in [-0.15, -0.1) is 0 Å². The van der Waals surface area contributed by atoms with Crippen LogP contribution in [0, 0.1) is 0 Å². The SMILES string of the molecule is O=C1CCN(c2cccc(NC(=O)CCCCCCN3CCCCC3)c2)C(=O)N1. The lowest BCUT2D eigenvalue weighted by Crippen LogP contribution is -2.49. The minimum Gasteiger partial charge on any atom is -0.326 e. The zero-order valence-corrected chi connectivity index (χ0v) is 17.1. The van der Waals surface area contributed by atoms with Gasteiger partial charge in [0.15, 0.2) is 0 Å². The number of carbonyl (C=O) groups is 3. The minimum absolute atomic E-state index is 0.00328. The number of piperidine rings is 1. The Kier molecular flexibility index (Phi) is 8.04. The monoisotopic (exact) mass is 400 g/mol. The van der Waals surface area contributed by atoms with E-state index in [0.29, 0.717) is 24.3 Å². The summed E-state index contributed by atoms with van der Waals surface area (Å²) in [7, 11) is 0. The fourth-order valence-electron chi connectivity index (χ4n) is 3.94. The average Bonchev–Trinajstić information content (AvgIpc) is 2.71. The highest BCUT2D eigenvalue weighted by molar-refractivity contribution is 6.05. The lowest BCUT2D eigenvalue weighted by Gasteiger charge is -2.26. The van der Waals surface area contributed by atoms with Crippen molar-refractivity contribution >= 4 is 29.2 Å². The summed E-state index contributed by atoms with van der Waals surface area (Å²) in [6.45, 7) is 4.03. The normalized spacial score (nSPS) is 17.9. The van der Waals surface area contributed by atoms with Crippen LogP contribution in [0.4, 0.5) is 16.2 Å². The van der Waals surface area contributed by atoms with Crippen LogP contribution in [0.1, 0.15) is 57.8 Å². The highest BCUT2D eigenvalue weighted by Crippen LogP contribution is 2.21. The number of benzene rings is 1. The number of nitrogens with one attached hydrogen (secondary N) is 2. The lowest BCUT2D eigenvalue weighted by molar-refractivity contribution is -0.120. The van der Waals surface area contributed by atoms with Crippen molar-refractivity contribution in [3.63, 3.8) is 0 Å². The van der Waals surface area contributed by atoms with Gasteiger partial charge in [-0.05, 0) is 63.5 Å². The highest BCUT2D eigenvalue weighted by atomic mass is 16.2. The molecule has 0 saturated carbocycles. The molecule has 1 aromatic rings.